The summed E-state index contributed by atoms with van der Waals surface area (Å²) >= 11 is 3.78. The molecule has 276 valence electrons. The third-order valence-corrected chi connectivity index (χ3v) is 15.9. The predicted octanol–water partition coefficient (Wildman–Crippen LogP) is 14.7. The van der Waals surface area contributed by atoms with E-state index in [2.05, 4.69) is 183 Å². The van der Waals surface area contributed by atoms with Crippen LogP contribution in [0.25, 0.3) is 67.9 Å². The van der Waals surface area contributed by atoms with Gasteiger partial charge in [0.05, 0.1) is 11.6 Å². The van der Waals surface area contributed by atoms with E-state index in [1.54, 1.807) is 0 Å². The molecule has 9 aromatic rings. The quantitative estimate of drug-likeness (QED) is 0.178. The number of thiophene rings is 2. The average Bonchev–Trinajstić information content (AvgIpc) is 3.94. The van der Waals surface area contributed by atoms with E-state index in [0.717, 1.165) is 17.8 Å². The first kappa shape index (κ1) is 33.0. The Bertz CT molecular complexity index is 3390. The highest BCUT2D eigenvalue weighted by molar-refractivity contribution is 7.26. The Balaban J connectivity index is 0.966. The maximum Gasteiger partial charge on any atom is 0.134 e. The van der Waals surface area contributed by atoms with Crippen LogP contribution in [-0.2, 0) is 5.41 Å². The molecule has 4 heteroatoms. The van der Waals surface area contributed by atoms with Crippen LogP contribution in [0.2, 0.25) is 0 Å². The van der Waals surface area contributed by atoms with Gasteiger partial charge in [0.25, 0.3) is 0 Å². The SMILES string of the molecule is CC1(C)c2ccccc2-c2cc(N3C4=C(CC(c5ccc6sc7ccccc7c6c5)C=C4)C4C=C(c5ccc6sc7ccccc7c6c5)C=CC43)nc3cccc1c23. The van der Waals surface area contributed by atoms with Crippen molar-refractivity contribution in [1.82, 2.24) is 4.98 Å². The summed E-state index contributed by atoms with van der Waals surface area (Å²) in [6.45, 7) is 4.72. The number of allylic oxidation sites excluding steroid dienone is 4. The molecule has 2 nitrogen and oxygen atoms in total. The van der Waals surface area contributed by atoms with Gasteiger partial charge in [-0.3, -0.25) is 0 Å². The Morgan fingerprint density at radius 2 is 1.33 bits per heavy atom. The van der Waals surface area contributed by atoms with E-state index in [4.69, 9.17) is 4.98 Å². The fourth-order valence-corrected chi connectivity index (χ4v) is 12.9. The molecule has 0 N–H and O–H groups in total. The summed E-state index contributed by atoms with van der Waals surface area (Å²) in [7, 11) is 0. The molecule has 3 atom stereocenters. The summed E-state index contributed by atoms with van der Waals surface area (Å²) in [6.07, 6.45) is 13.3. The summed E-state index contributed by atoms with van der Waals surface area (Å²) in [4.78, 5) is 8.12. The van der Waals surface area contributed by atoms with Gasteiger partial charge in [-0.1, -0.05) is 123 Å². The molecule has 0 saturated carbocycles. The lowest BCUT2D eigenvalue weighted by atomic mass is 9.69. The molecule has 58 heavy (non-hydrogen) atoms. The van der Waals surface area contributed by atoms with Crippen molar-refractivity contribution >= 4 is 85.3 Å². The van der Waals surface area contributed by atoms with E-state index in [0.29, 0.717) is 5.92 Å². The van der Waals surface area contributed by atoms with Gasteiger partial charge < -0.3 is 4.90 Å². The summed E-state index contributed by atoms with van der Waals surface area (Å²) in [5.41, 5.74) is 13.1. The zero-order valence-corrected chi connectivity index (χ0v) is 33.9. The molecule has 3 unspecified atom stereocenters. The standard InChI is InChI=1S/C54H38N2S2/c1-54(2)43-13-6-3-10-35(43)42-30-52(55-45-15-9-14-44(54)53(42)45)56-46-22-18-31(33-20-24-50-40(28-33)36-11-4-7-16-48(36)57-50)26-38(46)39-27-32(19-23-47(39)56)34-21-25-51-41(29-34)37-12-5-8-17-49(37)58-51/h3-26,28-30,32,38,46H,27H2,1-2H3. The van der Waals surface area contributed by atoms with Crippen LogP contribution in [0, 0.1) is 5.92 Å². The molecule has 0 bridgehead atoms. The van der Waals surface area contributed by atoms with E-state index in [-0.39, 0.29) is 17.4 Å². The second kappa shape index (κ2) is 12.0. The zero-order valence-electron chi connectivity index (χ0n) is 32.2. The molecule has 0 amide bonds. The fourth-order valence-electron chi connectivity index (χ4n) is 10.8. The molecule has 4 heterocycles. The predicted molar refractivity (Wildman–Crippen MR) is 248 cm³/mol. The van der Waals surface area contributed by atoms with Crippen molar-refractivity contribution in [2.75, 3.05) is 4.90 Å². The second-order valence-corrected chi connectivity index (χ2v) is 19.2. The van der Waals surface area contributed by atoms with Gasteiger partial charge >= 0.3 is 0 Å². The maximum atomic E-state index is 5.56. The number of hydrogen-bond donors (Lipinski definition) is 0. The number of nitrogens with zero attached hydrogens (tertiary/aromatic N) is 2. The maximum absolute atomic E-state index is 5.56. The lowest BCUT2D eigenvalue weighted by Gasteiger charge is -2.36. The topological polar surface area (TPSA) is 16.1 Å². The number of anilines is 1. The van der Waals surface area contributed by atoms with Crippen molar-refractivity contribution in [3.63, 3.8) is 0 Å². The molecule has 0 fully saturated rings. The first-order valence-corrected chi connectivity index (χ1v) is 22.1. The van der Waals surface area contributed by atoms with Gasteiger partial charge in [-0.25, -0.2) is 4.98 Å². The van der Waals surface area contributed by atoms with Crippen LogP contribution < -0.4 is 4.90 Å². The van der Waals surface area contributed by atoms with Gasteiger partial charge in [-0.05, 0) is 106 Å². The van der Waals surface area contributed by atoms with E-state index < -0.39 is 0 Å². The van der Waals surface area contributed by atoms with Crippen molar-refractivity contribution in [3.05, 3.63) is 197 Å². The third-order valence-electron chi connectivity index (χ3n) is 13.6. The van der Waals surface area contributed by atoms with Gasteiger partial charge in [0, 0.05) is 68.7 Å². The minimum absolute atomic E-state index is 0.105. The van der Waals surface area contributed by atoms with Gasteiger partial charge in [-0.15, -0.1) is 22.7 Å². The lowest BCUT2D eigenvalue weighted by Crippen LogP contribution is -2.33. The second-order valence-electron chi connectivity index (χ2n) is 17.0. The summed E-state index contributed by atoms with van der Waals surface area (Å²) < 4.78 is 5.40. The van der Waals surface area contributed by atoms with E-state index >= 15 is 0 Å². The highest BCUT2D eigenvalue weighted by atomic mass is 32.1. The van der Waals surface area contributed by atoms with Crippen LogP contribution in [-0.4, -0.2) is 11.0 Å². The summed E-state index contributed by atoms with van der Waals surface area (Å²) in [6, 6.07) is 50.2. The molecule has 1 aliphatic heterocycles. The van der Waals surface area contributed by atoms with E-state index in [1.165, 1.54) is 96.0 Å². The summed E-state index contributed by atoms with van der Waals surface area (Å²) in [5, 5.41) is 6.70. The van der Waals surface area contributed by atoms with Crippen LogP contribution in [0.1, 0.15) is 48.4 Å². The van der Waals surface area contributed by atoms with Crippen molar-refractivity contribution in [3.8, 4) is 11.1 Å². The van der Waals surface area contributed by atoms with Gasteiger partial charge in [0.2, 0.25) is 0 Å². The first-order valence-electron chi connectivity index (χ1n) is 20.5. The van der Waals surface area contributed by atoms with E-state index in [9.17, 15) is 0 Å². The number of fused-ring (bicyclic) bond motifs is 10. The van der Waals surface area contributed by atoms with Gasteiger partial charge in [0.15, 0.2) is 0 Å². The number of hydrogen-bond acceptors (Lipinski definition) is 4. The van der Waals surface area contributed by atoms with Crippen LogP contribution in [0.5, 0.6) is 0 Å². The van der Waals surface area contributed by atoms with Gasteiger partial charge in [0.1, 0.15) is 5.82 Å². The first-order chi connectivity index (χ1) is 28.5. The number of pyridine rings is 1. The minimum atomic E-state index is -0.105. The smallest absolute Gasteiger partial charge is 0.134 e. The van der Waals surface area contributed by atoms with Crippen LogP contribution in [0.3, 0.4) is 0 Å². The minimum Gasteiger partial charge on any atom is -0.319 e. The summed E-state index contributed by atoms with van der Waals surface area (Å²) in [5.74, 6) is 1.53. The van der Waals surface area contributed by atoms with Crippen LogP contribution in [0.15, 0.2) is 175 Å². The molecule has 0 spiro atoms. The Kier molecular flexibility index (Phi) is 6.81. The monoisotopic (exact) mass is 778 g/mol. The highest BCUT2D eigenvalue weighted by Gasteiger charge is 2.43. The molecule has 0 radical (unpaired) electrons. The van der Waals surface area contributed by atoms with Crippen molar-refractivity contribution in [2.24, 2.45) is 5.92 Å². The molecule has 4 aliphatic rings. The Morgan fingerprint density at radius 1 is 0.621 bits per heavy atom. The Hall–Kier alpha value is -6.07. The van der Waals surface area contributed by atoms with E-state index in [1.807, 2.05) is 22.7 Å². The average molecular weight is 779 g/mol. The normalized spacial score (nSPS) is 20.3. The molecule has 13 rings (SSSR count). The number of benzene rings is 6. The molecule has 6 aromatic carbocycles. The lowest BCUT2D eigenvalue weighted by molar-refractivity contribution is 0.641. The number of rotatable bonds is 3. The van der Waals surface area contributed by atoms with Gasteiger partial charge in [-0.2, -0.15) is 0 Å². The largest absolute Gasteiger partial charge is 0.319 e. The van der Waals surface area contributed by atoms with Crippen molar-refractivity contribution in [1.29, 1.82) is 0 Å². The number of aromatic nitrogens is 1. The molecule has 0 saturated heterocycles. The third kappa shape index (κ3) is 4.62. The molecular formula is C54H38N2S2. The Labute approximate surface area is 345 Å². The highest BCUT2D eigenvalue weighted by Crippen LogP contribution is 2.53. The van der Waals surface area contributed by atoms with Crippen LogP contribution in [0.4, 0.5) is 5.82 Å². The molecular weight excluding hydrogens is 741 g/mol. The molecule has 3 aliphatic carbocycles. The van der Waals surface area contributed by atoms with Crippen molar-refractivity contribution in [2.45, 2.75) is 37.6 Å². The fraction of sp³-hybridized carbons (Fsp3) is 0.130. The Morgan fingerprint density at radius 3 is 2.16 bits per heavy atom. The zero-order chi connectivity index (χ0) is 38.3. The van der Waals surface area contributed by atoms with Crippen molar-refractivity contribution < 1.29 is 0 Å². The van der Waals surface area contributed by atoms with Crippen LogP contribution >= 0.6 is 22.7 Å². The molecule has 3 aromatic heterocycles.